The molecule has 0 aliphatic carbocycles. The minimum atomic E-state index is -0.650. The highest BCUT2D eigenvalue weighted by atomic mass is 16.5. The highest BCUT2D eigenvalue weighted by Gasteiger charge is 2.46. The number of aliphatic hydroxyl groups is 1. The Morgan fingerprint density at radius 2 is 1.88 bits per heavy atom. The second-order valence-corrected chi connectivity index (χ2v) is 5.20. The van der Waals surface area contributed by atoms with Gasteiger partial charge in [0.2, 0.25) is 0 Å². The van der Waals surface area contributed by atoms with Gasteiger partial charge >= 0.3 is 0 Å². The Kier molecular flexibility index (Phi) is 2.60. The maximum Gasteiger partial charge on any atom is 0.118 e. The van der Waals surface area contributed by atoms with Crippen LogP contribution in [0, 0.1) is 5.92 Å². The molecule has 0 aromatic heterocycles. The average Bonchev–Trinajstić information content (AvgIpc) is 2.40. The topological polar surface area (TPSA) is 32.7 Å². The first-order chi connectivity index (χ1) is 8.22. The fourth-order valence-corrected chi connectivity index (χ4v) is 3.25. The predicted octanol–water partition coefficient (Wildman–Crippen LogP) is 1.61. The summed E-state index contributed by atoms with van der Waals surface area (Å²) in [5, 5.41) is 10.9. The molecule has 3 aliphatic heterocycles. The molecule has 1 N–H and O–H groups in total. The average molecular weight is 233 g/mol. The first-order valence-corrected chi connectivity index (χ1v) is 6.31. The van der Waals surface area contributed by atoms with Gasteiger partial charge in [0.1, 0.15) is 11.4 Å². The summed E-state index contributed by atoms with van der Waals surface area (Å²) < 4.78 is 5.16. The first kappa shape index (κ1) is 11.1. The van der Waals surface area contributed by atoms with Crippen LogP contribution in [-0.4, -0.2) is 36.8 Å². The molecular weight excluding hydrogens is 214 g/mol. The van der Waals surface area contributed by atoms with Crippen LogP contribution in [0.25, 0.3) is 0 Å². The van der Waals surface area contributed by atoms with E-state index < -0.39 is 5.60 Å². The molecule has 0 spiro atoms. The zero-order valence-corrected chi connectivity index (χ0v) is 10.2. The number of fused-ring (bicyclic) bond motifs is 3. The number of hydrogen-bond acceptors (Lipinski definition) is 3. The number of methoxy groups -OCH3 is 1. The van der Waals surface area contributed by atoms with Crippen molar-refractivity contribution in [2.75, 3.05) is 26.7 Å². The Bertz CT molecular complexity index is 395. The molecule has 1 atom stereocenters. The van der Waals surface area contributed by atoms with E-state index in [1.807, 2.05) is 24.3 Å². The predicted molar refractivity (Wildman–Crippen MR) is 66.1 cm³/mol. The molecule has 4 rings (SSSR count). The van der Waals surface area contributed by atoms with Crippen molar-refractivity contribution in [1.82, 2.24) is 4.90 Å². The summed E-state index contributed by atoms with van der Waals surface area (Å²) in [4.78, 5) is 2.37. The molecule has 3 heteroatoms. The molecule has 0 radical (unpaired) electrons. The highest BCUT2D eigenvalue weighted by molar-refractivity contribution is 5.32. The van der Waals surface area contributed by atoms with Crippen LogP contribution in [0.4, 0.5) is 0 Å². The molecule has 3 nitrogen and oxygen atoms in total. The summed E-state index contributed by atoms with van der Waals surface area (Å²) in [6, 6.07) is 7.87. The van der Waals surface area contributed by atoms with Gasteiger partial charge in [-0.3, -0.25) is 0 Å². The molecule has 2 bridgehead atoms. The zero-order chi connectivity index (χ0) is 11.9. The van der Waals surface area contributed by atoms with E-state index in [1.165, 1.54) is 0 Å². The Morgan fingerprint density at radius 3 is 2.35 bits per heavy atom. The maximum absolute atomic E-state index is 10.9. The van der Waals surface area contributed by atoms with Crippen LogP contribution in [0.5, 0.6) is 5.75 Å². The Morgan fingerprint density at radius 1 is 1.24 bits per heavy atom. The van der Waals surface area contributed by atoms with Crippen LogP contribution < -0.4 is 4.74 Å². The fraction of sp³-hybridized carbons (Fsp3) is 0.571. The van der Waals surface area contributed by atoms with E-state index in [1.54, 1.807) is 7.11 Å². The molecule has 0 amide bonds. The summed E-state index contributed by atoms with van der Waals surface area (Å²) in [7, 11) is 1.66. The van der Waals surface area contributed by atoms with E-state index in [0.29, 0.717) is 5.92 Å². The van der Waals surface area contributed by atoms with Crippen molar-refractivity contribution in [3.63, 3.8) is 0 Å². The van der Waals surface area contributed by atoms with Gasteiger partial charge in [0.05, 0.1) is 7.11 Å². The van der Waals surface area contributed by atoms with Crippen molar-refractivity contribution in [2.45, 2.75) is 18.4 Å². The minimum Gasteiger partial charge on any atom is -0.497 e. The van der Waals surface area contributed by atoms with Crippen LogP contribution in [0.2, 0.25) is 0 Å². The van der Waals surface area contributed by atoms with Gasteiger partial charge in [-0.2, -0.15) is 0 Å². The van der Waals surface area contributed by atoms with Gasteiger partial charge in [-0.1, -0.05) is 12.1 Å². The van der Waals surface area contributed by atoms with E-state index in [0.717, 1.165) is 43.8 Å². The van der Waals surface area contributed by atoms with Gasteiger partial charge < -0.3 is 14.7 Å². The Balaban J connectivity index is 1.91. The van der Waals surface area contributed by atoms with Crippen molar-refractivity contribution in [3.8, 4) is 5.75 Å². The van der Waals surface area contributed by atoms with Crippen LogP contribution in [0.3, 0.4) is 0 Å². The molecule has 1 aromatic rings. The lowest BCUT2D eigenvalue weighted by molar-refractivity contribution is -0.117. The molecule has 0 saturated carbocycles. The quantitative estimate of drug-likeness (QED) is 0.842. The van der Waals surface area contributed by atoms with Gasteiger partial charge in [0.15, 0.2) is 0 Å². The lowest BCUT2D eigenvalue weighted by atomic mass is 9.72. The van der Waals surface area contributed by atoms with Crippen LogP contribution in [0.15, 0.2) is 24.3 Å². The standard InChI is InChI=1S/C14H19NO2/c1-17-13-4-2-11(3-5-13)14(16)10-15-8-6-12(14)7-9-15/h2-5,12,16H,6-10H2,1H3. The SMILES string of the molecule is COc1ccc(C2(O)CN3CCC2CC3)cc1. The number of ether oxygens (including phenoxy) is 1. The van der Waals surface area contributed by atoms with Gasteiger partial charge in [-0.25, -0.2) is 0 Å². The lowest BCUT2D eigenvalue weighted by Crippen LogP contribution is -2.57. The second-order valence-electron chi connectivity index (χ2n) is 5.20. The molecule has 3 fully saturated rings. The minimum absolute atomic E-state index is 0.417. The number of piperidine rings is 3. The van der Waals surface area contributed by atoms with Crippen molar-refractivity contribution in [3.05, 3.63) is 29.8 Å². The third-order valence-corrected chi connectivity index (χ3v) is 4.32. The van der Waals surface area contributed by atoms with Gasteiger partial charge in [-0.15, -0.1) is 0 Å². The molecule has 3 saturated heterocycles. The fourth-order valence-electron chi connectivity index (χ4n) is 3.25. The monoisotopic (exact) mass is 233 g/mol. The summed E-state index contributed by atoms with van der Waals surface area (Å²) in [6.07, 6.45) is 2.23. The van der Waals surface area contributed by atoms with Crippen molar-refractivity contribution in [2.24, 2.45) is 5.92 Å². The normalized spacial score (nSPS) is 35.9. The zero-order valence-electron chi connectivity index (χ0n) is 10.2. The van der Waals surface area contributed by atoms with Gasteiger partial charge in [0.25, 0.3) is 0 Å². The number of nitrogens with zero attached hydrogens (tertiary/aromatic N) is 1. The van der Waals surface area contributed by atoms with E-state index >= 15 is 0 Å². The van der Waals surface area contributed by atoms with Gasteiger partial charge in [-0.05, 0) is 49.5 Å². The Hall–Kier alpha value is -1.06. The van der Waals surface area contributed by atoms with Crippen LogP contribution in [0.1, 0.15) is 18.4 Å². The van der Waals surface area contributed by atoms with Crippen molar-refractivity contribution >= 4 is 0 Å². The van der Waals surface area contributed by atoms with Crippen molar-refractivity contribution in [1.29, 1.82) is 0 Å². The Labute approximate surface area is 102 Å². The number of hydrogen-bond donors (Lipinski definition) is 1. The molecule has 17 heavy (non-hydrogen) atoms. The largest absolute Gasteiger partial charge is 0.497 e. The molecule has 92 valence electrons. The lowest BCUT2D eigenvalue weighted by Gasteiger charge is -2.50. The van der Waals surface area contributed by atoms with Crippen LogP contribution in [-0.2, 0) is 5.60 Å². The summed E-state index contributed by atoms with van der Waals surface area (Å²) in [5.41, 5.74) is 0.385. The molecule has 1 aromatic carbocycles. The van der Waals surface area contributed by atoms with Gasteiger partial charge in [0, 0.05) is 6.54 Å². The summed E-state index contributed by atoms with van der Waals surface area (Å²) in [6.45, 7) is 3.07. The molecule has 1 unspecified atom stereocenters. The first-order valence-electron chi connectivity index (χ1n) is 6.31. The maximum atomic E-state index is 10.9. The molecular formula is C14H19NO2. The van der Waals surface area contributed by atoms with E-state index in [2.05, 4.69) is 4.90 Å². The third-order valence-electron chi connectivity index (χ3n) is 4.32. The molecule has 3 aliphatic rings. The smallest absolute Gasteiger partial charge is 0.118 e. The summed E-state index contributed by atoms with van der Waals surface area (Å²) in [5.74, 6) is 1.26. The van der Waals surface area contributed by atoms with E-state index in [9.17, 15) is 5.11 Å². The summed E-state index contributed by atoms with van der Waals surface area (Å²) >= 11 is 0. The van der Waals surface area contributed by atoms with Crippen molar-refractivity contribution < 1.29 is 9.84 Å². The van der Waals surface area contributed by atoms with E-state index in [-0.39, 0.29) is 0 Å². The molecule has 3 heterocycles. The van der Waals surface area contributed by atoms with E-state index in [4.69, 9.17) is 4.74 Å². The highest BCUT2D eigenvalue weighted by Crippen LogP contribution is 2.42. The number of rotatable bonds is 2. The third kappa shape index (κ3) is 1.74. The van der Waals surface area contributed by atoms with Crippen LogP contribution >= 0.6 is 0 Å². The second kappa shape index (κ2) is 4.00. The number of benzene rings is 1.